The SMILES string of the molecule is CCCc1c(OCCCOc2cc(O)c(-c3nnns3)cc2CC)cccc1Oc1ccccc1C(=O)O. The van der Waals surface area contributed by atoms with Gasteiger partial charge < -0.3 is 24.4 Å². The molecule has 0 radical (unpaired) electrons. The maximum Gasteiger partial charge on any atom is 0.339 e. The fraction of sp³-hybridized carbons (Fsp3) is 0.286. The van der Waals surface area contributed by atoms with Gasteiger partial charge in [-0.25, -0.2) is 4.79 Å². The van der Waals surface area contributed by atoms with Crippen LogP contribution in [0.25, 0.3) is 10.6 Å². The normalized spacial score (nSPS) is 10.8. The van der Waals surface area contributed by atoms with E-state index < -0.39 is 5.97 Å². The molecule has 1 heterocycles. The Hall–Kier alpha value is -4.18. The van der Waals surface area contributed by atoms with Crippen molar-refractivity contribution in [1.82, 2.24) is 14.8 Å². The quantitative estimate of drug-likeness (QED) is 0.194. The van der Waals surface area contributed by atoms with Crippen LogP contribution >= 0.6 is 11.5 Å². The highest BCUT2D eigenvalue weighted by atomic mass is 32.1. The molecule has 0 aliphatic carbocycles. The standard InChI is InChI=1S/C28H29N3O6S/c1-3-9-19-23(12-7-13-24(19)37-25-11-6-5-10-20(25)28(33)34)35-14-8-15-36-26-17-22(32)21(16-18(26)4-2)27-29-30-31-38-27/h5-7,10-13,16-17,32H,3-4,8-9,14-15H2,1-2H3,(H,33,34). The molecule has 0 amide bonds. The Morgan fingerprint density at radius 1 is 0.947 bits per heavy atom. The Morgan fingerprint density at radius 2 is 1.68 bits per heavy atom. The zero-order valence-electron chi connectivity index (χ0n) is 21.2. The second-order valence-corrected chi connectivity index (χ2v) is 9.17. The molecule has 38 heavy (non-hydrogen) atoms. The Bertz CT molecular complexity index is 1380. The highest BCUT2D eigenvalue weighted by molar-refractivity contribution is 7.08. The van der Waals surface area contributed by atoms with Crippen LogP contribution < -0.4 is 14.2 Å². The number of phenols is 1. The lowest BCUT2D eigenvalue weighted by atomic mass is 10.1. The van der Waals surface area contributed by atoms with E-state index in [1.807, 2.05) is 31.2 Å². The summed E-state index contributed by atoms with van der Waals surface area (Å²) < 4.78 is 21.8. The van der Waals surface area contributed by atoms with E-state index in [1.165, 1.54) is 6.07 Å². The number of phenolic OH excluding ortho intramolecular Hbond substituents is 1. The summed E-state index contributed by atoms with van der Waals surface area (Å²) in [6.45, 7) is 4.89. The highest BCUT2D eigenvalue weighted by Gasteiger charge is 2.16. The number of aryl methyl sites for hydroxylation is 1. The number of benzene rings is 3. The number of ether oxygens (including phenoxy) is 3. The lowest BCUT2D eigenvalue weighted by Gasteiger charge is -2.17. The van der Waals surface area contributed by atoms with E-state index in [0.29, 0.717) is 53.9 Å². The third kappa shape index (κ3) is 6.38. The molecule has 1 aromatic heterocycles. The van der Waals surface area contributed by atoms with Gasteiger partial charge in [-0.2, -0.15) is 0 Å². The minimum absolute atomic E-state index is 0.0671. The molecule has 198 valence electrons. The molecule has 9 nitrogen and oxygen atoms in total. The molecule has 0 fully saturated rings. The van der Waals surface area contributed by atoms with E-state index in [-0.39, 0.29) is 17.1 Å². The molecule has 2 N–H and O–H groups in total. The summed E-state index contributed by atoms with van der Waals surface area (Å²) in [4.78, 5) is 11.6. The van der Waals surface area contributed by atoms with Crippen LogP contribution in [-0.2, 0) is 12.8 Å². The molecule has 10 heteroatoms. The first-order valence-corrected chi connectivity index (χ1v) is 13.2. The van der Waals surface area contributed by atoms with Crippen molar-refractivity contribution in [1.29, 1.82) is 0 Å². The molecular weight excluding hydrogens is 506 g/mol. The van der Waals surface area contributed by atoms with E-state index in [4.69, 9.17) is 14.2 Å². The van der Waals surface area contributed by atoms with E-state index in [0.717, 1.165) is 35.5 Å². The van der Waals surface area contributed by atoms with Crippen LogP contribution in [-0.4, -0.2) is 44.2 Å². The number of aromatic nitrogens is 3. The lowest BCUT2D eigenvalue weighted by molar-refractivity contribution is 0.0694. The van der Waals surface area contributed by atoms with Gasteiger partial charge in [0.15, 0.2) is 5.01 Å². The van der Waals surface area contributed by atoms with Gasteiger partial charge in [-0.3, -0.25) is 0 Å². The van der Waals surface area contributed by atoms with Gasteiger partial charge >= 0.3 is 5.97 Å². The van der Waals surface area contributed by atoms with Crippen LogP contribution in [0.5, 0.6) is 28.7 Å². The second-order valence-electron chi connectivity index (χ2n) is 8.43. The Balaban J connectivity index is 1.39. The molecule has 0 unspecified atom stereocenters. The number of aromatic hydroxyl groups is 1. The van der Waals surface area contributed by atoms with Crippen LogP contribution in [0.15, 0.2) is 54.6 Å². The molecule has 4 rings (SSSR count). The van der Waals surface area contributed by atoms with Crippen molar-refractivity contribution in [2.45, 2.75) is 39.5 Å². The minimum atomic E-state index is -1.04. The van der Waals surface area contributed by atoms with Crippen LogP contribution in [0.4, 0.5) is 0 Å². The summed E-state index contributed by atoms with van der Waals surface area (Å²) in [7, 11) is 0. The maximum atomic E-state index is 11.6. The Morgan fingerprint density at radius 3 is 2.39 bits per heavy atom. The molecule has 0 spiro atoms. The van der Waals surface area contributed by atoms with E-state index in [2.05, 4.69) is 21.7 Å². The molecule has 0 saturated heterocycles. The van der Waals surface area contributed by atoms with Crippen molar-refractivity contribution < 1.29 is 29.2 Å². The molecule has 0 aliphatic heterocycles. The first-order valence-electron chi connectivity index (χ1n) is 12.4. The zero-order chi connectivity index (χ0) is 26.9. The van der Waals surface area contributed by atoms with Crippen LogP contribution in [0.1, 0.15) is 48.2 Å². The van der Waals surface area contributed by atoms with Gasteiger partial charge in [0.25, 0.3) is 0 Å². The lowest BCUT2D eigenvalue weighted by Crippen LogP contribution is -2.08. The van der Waals surface area contributed by atoms with Gasteiger partial charge in [-0.05, 0) is 54.0 Å². The molecule has 4 aromatic rings. The second kappa shape index (κ2) is 12.9. The number of aromatic carboxylic acids is 1. The van der Waals surface area contributed by atoms with Crippen molar-refractivity contribution in [3.05, 3.63) is 71.3 Å². The average Bonchev–Trinajstić information content (AvgIpc) is 3.45. The van der Waals surface area contributed by atoms with Crippen molar-refractivity contribution in [3.63, 3.8) is 0 Å². The largest absolute Gasteiger partial charge is 0.507 e. The van der Waals surface area contributed by atoms with E-state index in [9.17, 15) is 15.0 Å². The van der Waals surface area contributed by atoms with Gasteiger partial charge in [0.05, 0.1) is 18.8 Å². The summed E-state index contributed by atoms with van der Waals surface area (Å²) in [6, 6.07) is 15.6. The first kappa shape index (κ1) is 26.9. The molecule has 0 saturated carbocycles. The number of carboxylic acids is 1. The van der Waals surface area contributed by atoms with Crippen LogP contribution in [0, 0.1) is 0 Å². The number of carbonyl (C=O) groups is 1. The Kier molecular flexibility index (Phi) is 9.10. The van der Waals surface area contributed by atoms with Gasteiger partial charge in [-0.15, -0.1) is 5.10 Å². The number of para-hydroxylation sites is 1. The average molecular weight is 536 g/mol. The fourth-order valence-corrected chi connectivity index (χ4v) is 4.46. The fourth-order valence-electron chi connectivity index (χ4n) is 3.98. The number of carboxylic acid groups (broad SMARTS) is 1. The van der Waals surface area contributed by atoms with Gasteiger partial charge in [0, 0.05) is 29.6 Å². The number of nitrogens with zero attached hydrogens (tertiary/aromatic N) is 3. The first-order chi connectivity index (χ1) is 18.5. The van der Waals surface area contributed by atoms with Crippen molar-refractivity contribution >= 4 is 17.5 Å². The van der Waals surface area contributed by atoms with Gasteiger partial charge in [0.1, 0.15) is 34.3 Å². The minimum Gasteiger partial charge on any atom is -0.507 e. The van der Waals surface area contributed by atoms with E-state index in [1.54, 1.807) is 24.3 Å². The molecule has 0 aliphatic rings. The number of hydrogen-bond acceptors (Lipinski definition) is 9. The smallest absolute Gasteiger partial charge is 0.339 e. The van der Waals surface area contributed by atoms with E-state index >= 15 is 0 Å². The molecule has 3 aromatic carbocycles. The van der Waals surface area contributed by atoms with Crippen molar-refractivity contribution in [2.75, 3.05) is 13.2 Å². The van der Waals surface area contributed by atoms with Crippen LogP contribution in [0.3, 0.4) is 0 Å². The van der Waals surface area contributed by atoms with Crippen molar-refractivity contribution in [3.8, 4) is 39.3 Å². The maximum absolute atomic E-state index is 11.6. The number of hydrogen-bond donors (Lipinski definition) is 2. The monoisotopic (exact) mass is 535 g/mol. The highest BCUT2D eigenvalue weighted by Crippen LogP contribution is 2.36. The molecule has 0 bridgehead atoms. The Labute approximate surface area is 224 Å². The summed E-state index contributed by atoms with van der Waals surface area (Å²) >= 11 is 1.12. The third-order valence-corrected chi connectivity index (χ3v) is 6.45. The van der Waals surface area contributed by atoms with Crippen molar-refractivity contribution in [2.24, 2.45) is 0 Å². The predicted octanol–water partition coefficient (Wildman–Crippen LogP) is 6.16. The van der Waals surface area contributed by atoms with Gasteiger partial charge in [0.2, 0.25) is 0 Å². The summed E-state index contributed by atoms with van der Waals surface area (Å²) in [6.07, 6.45) is 2.92. The summed E-state index contributed by atoms with van der Waals surface area (Å²) in [5.41, 5.74) is 2.52. The van der Waals surface area contributed by atoms with Crippen LogP contribution in [0.2, 0.25) is 0 Å². The predicted molar refractivity (Wildman–Crippen MR) is 144 cm³/mol. The van der Waals surface area contributed by atoms with Gasteiger partial charge in [-0.1, -0.05) is 43.0 Å². The molecular formula is C28H29N3O6S. The topological polar surface area (TPSA) is 124 Å². The number of rotatable bonds is 13. The molecule has 0 atom stereocenters. The third-order valence-electron chi connectivity index (χ3n) is 5.82. The summed E-state index contributed by atoms with van der Waals surface area (Å²) in [5.74, 6) is 1.19. The zero-order valence-corrected chi connectivity index (χ0v) is 22.0. The summed E-state index contributed by atoms with van der Waals surface area (Å²) in [5, 5.41) is 28.0.